The maximum absolute atomic E-state index is 5.85. The predicted octanol–water partition coefficient (Wildman–Crippen LogP) is 1.99. The van der Waals surface area contributed by atoms with Gasteiger partial charge in [0, 0.05) is 32.1 Å². The molecule has 0 aromatic heterocycles. The molecule has 0 spiro atoms. The van der Waals surface area contributed by atoms with Gasteiger partial charge in [0.1, 0.15) is 5.75 Å². The number of nitrogens with zero attached hydrogens (tertiary/aromatic N) is 1. The van der Waals surface area contributed by atoms with Crippen molar-refractivity contribution in [1.29, 1.82) is 0 Å². The third kappa shape index (κ3) is 3.57. The van der Waals surface area contributed by atoms with E-state index in [4.69, 9.17) is 9.47 Å². The summed E-state index contributed by atoms with van der Waals surface area (Å²) in [6, 6.07) is 6.89. The van der Waals surface area contributed by atoms with E-state index in [0.29, 0.717) is 12.1 Å². The fourth-order valence-corrected chi connectivity index (χ4v) is 3.09. The van der Waals surface area contributed by atoms with Gasteiger partial charge in [-0.3, -0.25) is 4.90 Å². The van der Waals surface area contributed by atoms with Crippen molar-refractivity contribution in [3.05, 3.63) is 29.3 Å². The van der Waals surface area contributed by atoms with E-state index in [-0.39, 0.29) is 0 Å². The lowest BCUT2D eigenvalue weighted by atomic mass is 10.0. The zero-order valence-corrected chi connectivity index (χ0v) is 13.1. The number of morpholine rings is 1. The Morgan fingerprint density at radius 1 is 1.38 bits per heavy atom. The van der Waals surface area contributed by atoms with Crippen molar-refractivity contribution in [1.82, 2.24) is 10.2 Å². The van der Waals surface area contributed by atoms with E-state index in [2.05, 4.69) is 42.3 Å². The summed E-state index contributed by atoms with van der Waals surface area (Å²) in [4.78, 5) is 2.45. The number of fused-ring (bicyclic) bond motifs is 1. The minimum absolute atomic E-state index is 0.305. The highest BCUT2D eigenvalue weighted by atomic mass is 16.5. The van der Waals surface area contributed by atoms with Gasteiger partial charge in [0.15, 0.2) is 0 Å². The highest BCUT2D eigenvalue weighted by Gasteiger charge is 2.20. The van der Waals surface area contributed by atoms with Crippen LogP contribution in [-0.4, -0.2) is 50.4 Å². The quantitative estimate of drug-likeness (QED) is 0.899. The van der Waals surface area contributed by atoms with Crippen molar-refractivity contribution in [2.75, 3.05) is 39.4 Å². The van der Waals surface area contributed by atoms with Crippen LogP contribution in [0.3, 0.4) is 0 Å². The van der Waals surface area contributed by atoms with Crippen LogP contribution in [0.2, 0.25) is 0 Å². The maximum Gasteiger partial charge on any atom is 0.122 e. The molecule has 0 radical (unpaired) electrons. The molecule has 1 N–H and O–H groups in total. The summed E-state index contributed by atoms with van der Waals surface area (Å²) < 4.78 is 11.4. The van der Waals surface area contributed by atoms with Gasteiger partial charge in [-0.2, -0.15) is 0 Å². The fourth-order valence-electron chi connectivity index (χ4n) is 3.09. The average molecular weight is 290 g/mol. The molecular weight excluding hydrogens is 264 g/mol. The lowest BCUT2D eigenvalue weighted by Gasteiger charge is -2.32. The molecule has 2 unspecified atom stereocenters. The highest BCUT2D eigenvalue weighted by molar-refractivity contribution is 5.40. The third-order valence-electron chi connectivity index (χ3n) is 4.54. The van der Waals surface area contributed by atoms with Gasteiger partial charge in [-0.05, 0) is 30.7 Å². The topological polar surface area (TPSA) is 33.7 Å². The van der Waals surface area contributed by atoms with Gasteiger partial charge in [-0.25, -0.2) is 0 Å². The second-order valence-electron chi connectivity index (χ2n) is 5.98. The molecule has 4 nitrogen and oxygen atoms in total. The summed E-state index contributed by atoms with van der Waals surface area (Å²) in [5, 5.41) is 3.61. The first-order valence-electron chi connectivity index (χ1n) is 8.09. The Balaban J connectivity index is 1.53. The molecule has 3 rings (SSSR count). The van der Waals surface area contributed by atoms with Crippen molar-refractivity contribution < 1.29 is 9.47 Å². The zero-order chi connectivity index (χ0) is 14.7. The Labute approximate surface area is 127 Å². The second kappa shape index (κ2) is 6.77. The van der Waals surface area contributed by atoms with Crippen molar-refractivity contribution in [2.45, 2.75) is 32.4 Å². The minimum Gasteiger partial charge on any atom is -0.493 e. The number of ether oxygens (including phenoxy) is 2. The van der Waals surface area contributed by atoms with E-state index in [1.165, 1.54) is 11.1 Å². The molecule has 4 heteroatoms. The summed E-state index contributed by atoms with van der Waals surface area (Å²) in [5.74, 6) is 1.06. The summed E-state index contributed by atoms with van der Waals surface area (Å²) >= 11 is 0. The molecule has 116 valence electrons. The van der Waals surface area contributed by atoms with Crippen molar-refractivity contribution in [3.8, 4) is 5.75 Å². The fraction of sp³-hybridized carbons (Fsp3) is 0.647. The summed E-state index contributed by atoms with van der Waals surface area (Å²) in [6.45, 7) is 10.2. The molecule has 0 aliphatic carbocycles. The molecule has 1 aromatic carbocycles. The SMILES string of the molecule is CCN1CCOC(CNC(C)c2ccc3c(c2)CCO3)C1. The molecule has 2 atom stereocenters. The first-order chi connectivity index (χ1) is 10.3. The Morgan fingerprint density at radius 2 is 2.29 bits per heavy atom. The van der Waals surface area contributed by atoms with Crippen molar-refractivity contribution in [3.63, 3.8) is 0 Å². The van der Waals surface area contributed by atoms with Crippen LogP contribution < -0.4 is 10.1 Å². The van der Waals surface area contributed by atoms with Gasteiger partial charge in [0.2, 0.25) is 0 Å². The summed E-state index contributed by atoms with van der Waals surface area (Å²) in [6.07, 6.45) is 1.34. The van der Waals surface area contributed by atoms with E-state index in [9.17, 15) is 0 Å². The molecule has 2 aliphatic heterocycles. The Morgan fingerprint density at radius 3 is 3.14 bits per heavy atom. The van der Waals surface area contributed by atoms with Gasteiger partial charge >= 0.3 is 0 Å². The first-order valence-corrected chi connectivity index (χ1v) is 8.09. The average Bonchev–Trinajstić information content (AvgIpc) is 3.00. The number of nitrogens with one attached hydrogen (secondary N) is 1. The Bertz CT molecular complexity index is 478. The molecule has 1 fully saturated rings. The lowest BCUT2D eigenvalue weighted by molar-refractivity contribution is -0.0262. The number of rotatable bonds is 5. The molecule has 2 aliphatic rings. The van der Waals surface area contributed by atoms with Crippen LogP contribution in [0.15, 0.2) is 18.2 Å². The van der Waals surface area contributed by atoms with Crippen LogP contribution >= 0.6 is 0 Å². The number of hydrogen-bond acceptors (Lipinski definition) is 4. The largest absolute Gasteiger partial charge is 0.493 e. The van der Waals surface area contributed by atoms with E-state index in [0.717, 1.165) is 51.6 Å². The number of likely N-dealkylation sites (N-methyl/N-ethyl adjacent to an activating group) is 1. The van der Waals surface area contributed by atoms with Gasteiger partial charge < -0.3 is 14.8 Å². The van der Waals surface area contributed by atoms with E-state index in [1.807, 2.05) is 0 Å². The summed E-state index contributed by atoms with van der Waals surface area (Å²) in [5.41, 5.74) is 2.68. The number of benzene rings is 1. The second-order valence-corrected chi connectivity index (χ2v) is 5.98. The molecule has 1 saturated heterocycles. The van der Waals surface area contributed by atoms with Gasteiger partial charge in [-0.15, -0.1) is 0 Å². The molecule has 1 aromatic rings. The monoisotopic (exact) mass is 290 g/mol. The molecule has 21 heavy (non-hydrogen) atoms. The first kappa shape index (κ1) is 14.8. The standard InChI is InChI=1S/C17H26N2O2/c1-3-19-7-9-20-16(12-19)11-18-13(2)14-4-5-17-15(10-14)6-8-21-17/h4-5,10,13,16,18H,3,6-9,11-12H2,1-2H3. The molecule has 0 saturated carbocycles. The van der Waals surface area contributed by atoms with E-state index >= 15 is 0 Å². The highest BCUT2D eigenvalue weighted by Crippen LogP contribution is 2.28. The van der Waals surface area contributed by atoms with Crippen molar-refractivity contribution in [2.24, 2.45) is 0 Å². The molecule has 0 amide bonds. The van der Waals surface area contributed by atoms with Gasteiger partial charge in [0.05, 0.1) is 19.3 Å². The van der Waals surface area contributed by atoms with Crippen LogP contribution in [0.1, 0.15) is 31.0 Å². The van der Waals surface area contributed by atoms with Crippen LogP contribution in [0.5, 0.6) is 5.75 Å². The van der Waals surface area contributed by atoms with E-state index < -0.39 is 0 Å². The third-order valence-corrected chi connectivity index (χ3v) is 4.54. The molecular formula is C17H26N2O2. The van der Waals surface area contributed by atoms with Crippen molar-refractivity contribution >= 4 is 0 Å². The van der Waals surface area contributed by atoms with E-state index in [1.54, 1.807) is 0 Å². The Hall–Kier alpha value is -1.10. The van der Waals surface area contributed by atoms with Gasteiger partial charge in [0.25, 0.3) is 0 Å². The minimum atomic E-state index is 0.305. The molecule has 0 bridgehead atoms. The lowest BCUT2D eigenvalue weighted by Crippen LogP contribution is -2.46. The normalized spacial score (nSPS) is 23.6. The van der Waals surface area contributed by atoms with Crippen LogP contribution in [0.25, 0.3) is 0 Å². The zero-order valence-electron chi connectivity index (χ0n) is 13.1. The maximum atomic E-state index is 5.85. The van der Waals surface area contributed by atoms with Crippen LogP contribution in [-0.2, 0) is 11.2 Å². The number of hydrogen-bond donors (Lipinski definition) is 1. The molecule has 2 heterocycles. The predicted molar refractivity (Wildman–Crippen MR) is 83.9 cm³/mol. The summed E-state index contributed by atoms with van der Waals surface area (Å²) in [7, 11) is 0. The van der Waals surface area contributed by atoms with Gasteiger partial charge in [-0.1, -0.05) is 19.1 Å². The van der Waals surface area contributed by atoms with Crippen LogP contribution in [0, 0.1) is 0 Å². The van der Waals surface area contributed by atoms with Crippen LogP contribution in [0.4, 0.5) is 0 Å². The Kier molecular flexibility index (Phi) is 4.78. The smallest absolute Gasteiger partial charge is 0.122 e.